The van der Waals surface area contributed by atoms with Crippen LogP contribution in [0.5, 0.6) is 0 Å². The zero-order valence-corrected chi connectivity index (χ0v) is 23.8. The lowest BCUT2D eigenvalue weighted by molar-refractivity contribution is -0.133. The molecule has 0 bridgehead atoms. The molecule has 5 rings (SSSR count). The van der Waals surface area contributed by atoms with E-state index in [0.717, 1.165) is 16.5 Å². The molecule has 0 unspecified atom stereocenters. The van der Waals surface area contributed by atoms with Gasteiger partial charge in [0, 0.05) is 40.5 Å². The van der Waals surface area contributed by atoms with Gasteiger partial charge in [0.05, 0.1) is 24.1 Å². The molecule has 4 aromatic rings. The molecular weight excluding hydrogens is 563 g/mol. The maximum absolute atomic E-state index is 13.9. The second-order valence-electron chi connectivity index (χ2n) is 9.01. The molecule has 0 fully saturated rings. The van der Waals surface area contributed by atoms with Gasteiger partial charge < -0.3 is 9.64 Å². The van der Waals surface area contributed by atoms with Gasteiger partial charge in [-0.25, -0.2) is 8.42 Å². The minimum atomic E-state index is -4.01. The van der Waals surface area contributed by atoms with Gasteiger partial charge in [0.15, 0.2) is 0 Å². The number of hydrogen-bond acceptors (Lipinski definition) is 5. The molecule has 198 valence electrons. The van der Waals surface area contributed by atoms with Crippen molar-refractivity contribution in [1.29, 1.82) is 0 Å². The SMILES string of the molecule is COCCN(CC(=O)N1CCc2sccc2[C@H]1c1ccc(Cl)cc1Cl)S(=O)(=O)c1cccc2ccccc12. The molecule has 0 spiro atoms. The third kappa shape index (κ3) is 5.21. The van der Waals surface area contributed by atoms with Crippen molar-refractivity contribution in [2.24, 2.45) is 0 Å². The molecule has 1 atom stereocenters. The summed E-state index contributed by atoms with van der Waals surface area (Å²) in [7, 11) is -2.51. The fraction of sp³-hybridized carbons (Fsp3) is 0.250. The predicted octanol–water partition coefficient (Wildman–Crippen LogP) is 6.02. The Balaban J connectivity index is 1.51. The van der Waals surface area contributed by atoms with E-state index in [2.05, 4.69) is 0 Å². The van der Waals surface area contributed by atoms with Gasteiger partial charge in [-0.15, -0.1) is 11.3 Å². The van der Waals surface area contributed by atoms with E-state index >= 15 is 0 Å². The summed E-state index contributed by atoms with van der Waals surface area (Å²) < 4.78 is 34.3. The standard InChI is InChI=1S/C28H26Cl2N2O4S2/c1-36-15-14-31(38(34,35)26-8-4-6-19-5-2-3-7-21(19)26)18-27(33)32-13-11-25-23(12-16-37-25)28(32)22-10-9-20(29)17-24(22)30/h2-10,12,16-17,28H,11,13-15,18H2,1H3/t28-/m1/s1. The molecule has 1 amide bonds. The maximum Gasteiger partial charge on any atom is 0.244 e. The lowest BCUT2D eigenvalue weighted by Gasteiger charge is -2.37. The van der Waals surface area contributed by atoms with Gasteiger partial charge in [-0.05, 0) is 52.6 Å². The van der Waals surface area contributed by atoms with Crippen molar-refractivity contribution in [1.82, 2.24) is 9.21 Å². The van der Waals surface area contributed by atoms with Gasteiger partial charge in [-0.1, -0.05) is 65.7 Å². The molecule has 0 aliphatic carbocycles. The third-order valence-electron chi connectivity index (χ3n) is 6.77. The maximum atomic E-state index is 13.9. The molecule has 0 N–H and O–H groups in total. The Hall–Kier alpha value is -2.46. The molecule has 1 aliphatic rings. The Labute approximate surface area is 236 Å². The fourth-order valence-corrected chi connectivity index (χ4v) is 7.93. The third-order valence-corrected chi connectivity index (χ3v) is 10.2. The number of ether oxygens (including phenoxy) is 1. The van der Waals surface area contributed by atoms with Crippen LogP contribution in [-0.4, -0.2) is 56.9 Å². The van der Waals surface area contributed by atoms with Crippen LogP contribution in [0.2, 0.25) is 10.0 Å². The normalized spacial score (nSPS) is 15.7. The largest absolute Gasteiger partial charge is 0.383 e. The first-order valence-corrected chi connectivity index (χ1v) is 15.2. The summed E-state index contributed by atoms with van der Waals surface area (Å²) in [4.78, 5) is 17.0. The van der Waals surface area contributed by atoms with Crippen LogP contribution >= 0.6 is 34.5 Å². The van der Waals surface area contributed by atoms with Crippen molar-refractivity contribution >= 4 is 61.2 Å². The highest BCUT2D eigenvalue weighted by Crippen LogP contribution is 2.41. The molecular formula is C28H26Cl2N2O4S2. The van der Waals surface area contributed by atoms with Crippen LogP contribution in [0.15, 0.2) is 77.0 Å². The average Bonchev–Trinajstić information content (AvgIpc) is 3.39. The number of methoxy groups -OCH3 is 1. The first kappa shape index (κ1) is 27.1. The Morgan fingerprint density at radius 3 is 2.66 bits per heavy atom. The zero-order valence-electron chi connectivity index (χ0n) is 20.6. The number of carbonyl (C=O) groups excluding carboxylic acids is 1. The Morgan fingerprint density at radius 2 is 1.87 bits per heavy atom. The highest BCUT2D eigenvalue weighted by Gasteiger charge is 2.36. The van der Waals surface area contributed by atoms with Crippen LogP contribution in [-0.2, 0) is 26.0 Å². The van der Waals surface area contributed by atoms with Crippen LogP contribution in [0.1, 0.15) is 22.0 Å². The van der Waals surface area contributed by atoms with Crippen LogP contribution in [0.25, 0.3) is 10.8 Å². The number of hydrogen-bond donors (Lipinski definition) is 0. The molecule has 1 aliphatic heterocycles. The number of fused-ring (bicyclic) bond motifs is 2. The average molecular weight is 590 g/mol. The lowest BCUT2D eigenvalue weighted by atomic mass is 9.93. The Bertz CT molecular complexity index is 1580. The molecule has 6 nitrogen and oxygen atoms in total. The van der Waals surface area contributed by atoms with Crippen molar-refractivity contribution in [3.05, 3.63) is 98.2 Å². The molecule has 2 heterocycles. The summed E-state index contributed by atoms with van der Waals surface area (Å²) in [5, 5.41) is 4.39. The fourth-order valence-electron chi connectivity index (χ4n) is 4.92. The van der Waals surface area contributed by atoms with Crippen molar-refractivity contribution in [2.75, 3.05) is 33.4 Å². The van der Waals surface area contributed by atoms with Crippen LogP contribution in [0.3, 0.4) is 0 Å². The van der Waals surface area contributed by atoms with Gasteiger partial charge in [-0.3, -0.25) is 4.79 Å². The van der Waals surface area contributed by atoms with Gasteiger partial charge in [-0.2, -0.15) is 4.31 Å². The molecule has 10 heteroatoms. The van der Waals surface area contributed by atoms with E-state index in [-0.39, 0.29) is 30.5 Å². The highest BCUT2D eigenvalue weighted by molar-refractivity contribution is 7.89. The number of rotatable bonds is 8. The minimum Gasteiger partial charge on any atom is -0.383 e. The first-order valence-electron chi connectivity index (χ1n) is 12.1. The topological polar surface area (TPSA) is 66.9 Å². The zero-order chi connectivity index (χ0) is 26.9. The number of benzene rings is 3. The Morgan fingerprint density at radius 1 is 1.08 bits per heavy atom. The van der Waals surface area contributed by atoms with Gasteiger partial charge in [0.1, 0.15) is 0 Å². The monoisotopic (exact) mass is 588 g/mol. The number of sulfonamides is 1. The summed E-state index contributed by atoms with van der Waals surface area (Å²) in [5.74, 6) is -0.308. The number of carbonyl (C=O) groups is 1. The lowest BCUT2D eigenvalue weighted by Crippen LogP contribution is -2.47. The van der Waals surface area contributed by atoms with E-state index in [9.17, 15) is 13.2 Å². The van der Waals surface area contributed by atoms with Crippen molar-refractivity contribution in [3.8, 4) is 0 Å². The molecule has 1 aromatic heterocycles. The smallest absolute Gasteiger partial charge is 0.244 e. The van der Waals surface area contributed by atoms with Crippen molar-refractivity contribution < 1.29 is 17.9 Å². The van der Waals surface area contributed by atoms with Gasteiger partial charge >= 0.3 is 0 Å². The van der Waals surface area contributed by atoms with Crippen molar-refractivity contribution in [2.45, 2.75) is 17.4 Å². The second-order valence-corrected chi connectivity index (χ2v) is 12.8. The Kier molecular flexibility index (Phi) is 8.09. The van der Waals surface area contributed by atoms with Crippen LogP contribution < -0.4 is 0 Å². The van der Waals surface area contributed by atoms with E-state index in [1.807, 2.05) is 35.7 Å². The first-order chi connectivity index (χ1) is 18.3. The van der Waals surface area contributed by atoms with E-state index in [0.29, 0.717) is 28.4 Å². The van der Waals surface area contributed by atoms with E-state index < -0.39 is 16.1 Å². The van der Waals surface area contributed by atoms with Crippen LogP contribution in [0, 0.1) is 0 Å². The summed E-state index contributed by atoms with van der Waals surface area (Å²) in [6, 6.07) is 19.3. The summed E-state index contributed by atoms with van der Waals surface area (Å²) >= 11 is 14.4. The van der Waals surface area contributed by atoms with Crippen molar-refractivity contribution in [3.63, 3.8) is 0 Å². The number of nitrogens with zero attached hydrogens (tertiary/aromatic N) is 2. The van der Waals surface area contributed by atoms with E-state index in [4.69, 9.17) is 27.9 Å². The van der Waals surface area contributed by atoms with Crippen LogP contribution in [0.4, 0.5) is 0 Å². The quantitative estimate of drug-likeness (QED) is 0.252. The number of thiophene rings is 1. The van der Waals surface area contributed by atoms with E-state index in [1.54, 1.807) is 52.6 Å². The molecule has 0 radical (unpaired) electrons. The minimum absolute atomic E-state index is 0.0394. The molecule has 3 aromatic carbocycles. The predicted molar refractivity (Wildman–Crippen MR) is 153 cm³/mol. The van der Waals surface area contributed by atoms with Gasteiger partial charge in [0.2, 0.25) is 15.9 Å². The van der Waals surface area contributed by atoms with E-state index in [1.165, 1.54) is 16.3 Å². The summed E-state index contributed by atoms with van der Waals surface area (Å²) in [6.07, 6.45) is 0.689. The number of amides is 1. The second kappa shape index (κ2) is 11.3. The van der Waals surface area contributed by atoms with Gasteiger partial charge in [0.25, 0.3) is 0 Å². The highest BCUT2D eigenvalue weighted by atomic mass is 35.5. The number of halogens is 2. The molecule has 0 saturated heterocycles. The summed E-state index contributed by atoms with van der Waals surface area (Å²) in [6.45, 7) is 0.314. The molecule has 0 saturated carbocycles. The summed E-state index contributed by atoms with van der Waals surface area (Å²) in [5.41, 5.74) is 1.75. The molecule has 38 heavy (non-hydrogen) atoms.